The molecule has 4 heteroatoms. The van der Waals surface area contributed by atoms with Crippen LogP contribution >= 0.6 is 0 Å². The Morgan fingerprint density at radius 3 is 2.80 bits per heavy atom. The molecule has 0 fully saturated rings. The van der Waals surface area contributed by atoms with Crippen LogP contribution in [0.5, 0.6) is 0 Å². The Morgan fingerprint density at radius 1 is 1.30 bits per heavy atom. The number of pyridine rings is 1. The van der Waals surface area contributed by atoms with Gasteiger partial charge in [-0.1, -0.05) is 18.2 Å². The number of hydrogen-bond donors (Lipinski definition) is 2. The second-order valence-electron chi connectivity index (χ2n) is 5.04. The summed E-state index contributed by atoms with van der Waals surface area (Å²) >= 11 is 0. The van der Waals surface area contributed by atoms with Crippen molar-refractivity contribution < 1.29 is 9.84 Å². The molecule has 0 unspecified atom stereocenters. The zero-order valence-corrected chi connectivity index (χ0v) is 12.3. The Kier molecular flexibility index (Phi) is 4.93. The number of aromatic nitrogens is 1. The molecular weight excluding hydrogens is 252 g/mol. The third-order valence-electron chi connectivity index (χ3n) is 3.52. The zero-order chi connectivity index (χ0) is 14.5. The van der Waals surface area contributed by atoms with E-state index in [-0.39, 0.29) is 0 Å². The fourth-order valence-corrected chi connectivity index (χ4v) is 2.30. The number of aliphatic hydroxyl groups excluding tert-OH is 1. The van der Waals surface area contributed by atoms with Gasteiger partial charge in [0.2, 0.25) is 0 Å². The molecule has 1 aromatic carbocycles. The summed E-state index contributed by atoms with van der Waals surface area (Å²) in [5.74, 6) is 0. The van der Waals surface area contributed by atoms with Gasteiger partial charge in [-0.2, -0.15) is 0 Å². The SMILES string of the molecule is COC[C@H](O)CCNc1c(C)c(C)nc2ccccc12. The van der Waals surface area contributed by atoms with E-state index in [9.17, 15) is 5.11 Å². The summed E-state index contributed by atoms with van der Waals surface area (Å²) in [4.78, 5) is 4.60. The van der Waals surface area contributed by atoms with Crippen molar-refractivity contribution in [3.63, 3.8) is 0 Å². The average molecular weight is 274 g/mol. The number of aryl methyl sites for hydroxylation is 1. The van der Waals surface area contributed by atoms with E-state index in [4.69, 9.17) is 4.74 Å². The maximum Gasteiger partial charge on any atom is 0.0790 e. The number of aliphatic hydroxyl groups is 1. The Balaban J connectivity index is 2.18. The fourth-order valence-electron chi connectivity index (χ4n) is 2.30. The minimum absolute atomic E-state index is 0.372. The number of hydrogen-bond acceptors (Lipinski definition) is 4. The number of nitrogens with zero attached hydrogens (tertiary/aromatic N) is 1. The van der Waals surface area contributed by atoms with Crippen molar-refractivity contribution in [2.24, 2.45) is 0 Å². The molecule has 2 rings (SSSR count). The highest BCUT2D eigenvalue weighted by Crippen LogP contribution is 2.27. The van der Waals surface area contributed by atoms with Crippen LogP contribution in [0.15, 0.2) is 24.3 Å². The fraction of sp³-hybridized carbons (Fsp3) is 0.438. The van der Waals surface area contributed by atoms with E-state index in [1.807, 2.05) is 25.1 Å². The molecule has 2 aromatic rings. The second-order valence-corrected chi connectivity index (χ2v) is 5.04. The molecule has 1 aromatic heterocycles. The molecule has 0 saturated carbocycles. The van der Waals surface area contributed by atoms with Gasteiger partial charge in [-0.25, -0.2) is 0 Å². The molecule has 1 atom stereocenters. The van der Waals surface area contributed by atoms with Gasteiger partial charge < -0.3 is 15.2 Å². The number of methoxy groups -OCH3 is 1. The maximum absolute atomic E-state index is 9.69. The molecule has 0 radical (unpaired) electrons. The number of fused-ring (bicyclic) bond motifs is 1. The topological polar surface area (TPSA) is 54.4 Å². The lowest BCUT2D eigenvalue weighted by Gasteiger charge is -2.16. The van der Waals surface area contributed by atoms with Crippen molar-refractivity contribution in [2.45, 2.75) is 26.4 Å². The van der Waals surface area contributed by atoms with E-state index in [1.54, 1.807) is 7.11 Å². The molecule has 0 amide bonds. The molecule has 0 saturated heterocycles. The van der Waals surface area contributed by atoms with Gasteiger partial charge in [0.1, 0.15) is 0 Å². The summed E-state index contributed by atoms with van der Waals surface area (Å²) in [7, 11) is 1.60. The normalized spacial score (nSPS) is 12.6. The summed E-state index contributed by atoms with van der Waals surface area (Å²) < 4.78 is 4.93. The summed E-state index contributed by atoms with van der Waals surface area (Å²) in [6.07, 6.45) is 0.227. The van der Waals surface area contributed by atoms with E-state index in [2.05, 4.69) is 23.3 Å². The minimum Gasteiger partial charge on any atom is -0.391 e. The van der Waals surface area contributed by atoms with Crippen LogP contribution in [0.2, 0.25) is 0 Å². The van der Waals surface area contributed by atoms with Gasteiger partial charge in [0.25, 0.3) is 0 Å². The van der Waals surface area contributed by atoms with Crippen LogP contribution in [0.1, 0.15) is 17.7 Å². The Hall–Kier alpha value is -1.65. The standard InChI is InChI=1S/C16H22N2O2/c1-11-12(2)18-15-7-5-4-6-14(15)16(11)17-9-8-13(19)10-20-3/h4-7,13,19H,8-10H2,1-3H3,(H,17,18)/t13-/m1/s1. The molecule has 108 valence electrons. The van der Waals surface area contributed by atoms with Crippen molar-refractivity contribution in [3.8, 4) is 0 Å². The maximum atomic E-state index is 9.69. The lowest BCUT2D eigenvalue weighted by atomic mass is 10.1. The largest absolute Gasteiger partial charge is 0.391 e. The van der Waals surface area contributed by atoms with Gasteiger partial charge in [-0.05, 0) is 31.9 Å². The third-order valence-corrected chi connectivity index (χ3v) is 3.52. The lowest BCUT2D eigenvalue weighted by molar-refractivity contribution is 0.0615. The summed E-state index contributed by atoms with van der Waals surface area (Å²) in [5.41, 5.74) is 4.29. The number of para-hydroxylation sites is 1. The summed E-state index contributed by atoms with van der Waals surface area (Å²) in [6.45, 7) is 5.17. The van der Waals surface area contributed by atoms with Crippen LogP contribution in [0.3, 0.4) is 0 Å². The second kappa shape index (κ2) is 6.68. The number of benzene rings is 1. The molecule has 4 nitrogen and oxygen atoms in total. The molecular formula is C16H22N2O2. The van der Waals surface area contributed by atoms with Gasteiger partial charge in [0.05, 0.1) is 18.2 Å². The van der Waals surface area contributed by atoms with Crippen LogP contribution in [0.25, 0.3) is 10.9 Å². The Morgan fingerprint density at radius 2 is 2.05 bits per heavy atom. The van der Waals surface area contributed by atoms with Gasteiger partial charge >= 0.3 is 0 Å². The molecule has 2 N–H and O–H groups in total. The van der Waals surface area contributed by atoms with Crippen LogP contribution in [-0.2, 0) is 4.74 Å². The quantitative estimate of drug-likeness (QED) is 0.850. The number of nitrogens with one attached hydrogen (secondary N) is 1. The van der Waals surface area contributed by atoms with Gasteiger partial charge in [-0.15, -0.1) is 0 Å². The van der Waals surface area contributed by atoms with Crippen molar-refractivity contribution >= 4 is 16.6 Å². The number of anilines is 1. The third kappa shape index (κ3) is 3.26. The average Bonchev–Trinajstić information content (AvgIpc) is 2.43. The van der Waals surface area contributed by atoms with Crippen molar-refractivity contribution in [1.82, 2.24) is 4.98 Å². The smallest absolute Gasteiger partial charge is 0.0790 e. The monoisotopic (exact) mass is 274 g/mol. The van der Waals surface area contributed by atoms with E-state index >= 15 is 0 Å². The molecule has 0 bridgehead atoms. The minimum atomic E-state index is -0.429. The summed E-state index contributed by atoms with van der Waals surface area (Å²) in [6, 6.07) is 8.11. The van der Waals surface area contributed by atoms with Crippen LogP contribution in [-0.4, -0.2) is 36.5 Å². The lowest BCUT2D eigenvalue weighted by Crippen LogP contribution is -2.18. The molecule has 1 heterocycles. The van der Waals surface area contributed by atoms with E-state index < -0.39 is 6.10 Å². The first-order valence-electron chi connectivity index (χ1n) is 6.90. The molecule has 0 aliphatic rings. The van der Waals surface area contributed by atoms with Crippen molar-refractivity contribution in [2.75, 3.05) is 25.6 Å². The van der Waals surface area contributed by atoms with Gasteiger partial charge in [0.15, 0.2) is 0 Å². The first-order valence-corrected chi connectivity index (χ1v) is 6.90. The highest BCUT2D eigenvalue weighted by atomic mass is 16.5. The van der Waals surface area contributed by atoms with Crippen LogP contribution in [0, 0.1) is 13.8 Å². The molecule has 0 aliphatic carbocycles. The van der Waals surface area contributed by atoms with Gasteiger partial charge in [0, 0.05) is 30.4 Å². The van der Waals surface area contributed by atoms with Gasteiger partial charge in [-0.3, -0.25) is 4.98 Å². The van der Waals surface area contributed by atoms with Crippen molar-refractivity contribution in [1.29, 1.82) is 0 Å². The first-order chi connectivity index (χ1) is 9.63. The van der Waals surface area contributed by atoms with Crippen LogP contribution in [0.4, 0.5) is 5.69 Å². The summed E-state index contributed by atoms with van der Waals surface area (Å²) in [5, 5.41) is 14.2. The molecule has 0 spiro atoms. The molecule has 0 aliphatic heterocycles. The first kappa shape index (κ1) is 14.8. The predicted octanol–water partition coefficient (Wildman–Crippen LogP) is 2.66. The Bertz CT molecular complexity index is 584. The molecule has 20 heavy (non-hydrogen) atoms. The Labute approximate surface area is 119 Å². The van der Waals surface area contributed by atoms with E-state index in [0.29, 0.717) is 19.6 Å². The van der Waals surface area contributed by atoms with Crippen molar-refractivity contribution in [3.05, 3.63) is 35.5 Å². The van der Waals surface area contributed by atoms with E-state index in [0.717, 1.165) is 27.8 Å². The predicted molar refractivity (Wildman–Crippen MR) is 82.2 cm³/mol. The zero-order valence-electron chi connectivity index (χ0n) is 12.3. The number of ether oxygens (including phenoxy) is 1. The highest BCUT2D eigenvalue weighted by molar-refractivity contribution is 5.93. The number of rotatable bonds is 6. The van der Waals surface area contributed by atoms with E-state index in [1.165, 1.54) is 0 Å². The highest BCUT2D eigenvalue weighted by Gasteiger charge is 2.09. The van der Waals surface area contributed by atoms with Crippen LogP contribution < -0.4 is 5.32 Å².